The van der Waals surface area contributed by atoms with Gasteiger partial charge in [0, 0.05) is 13.2 Å². The molecule has 0 spiro atoms. The maximum absolute atomic E-state index is 11.1. The van der Waals surface area contributed by atoms with Crippen LogP contribution in [0.1, 0.15) is 130 Å². The fourth-order valence-corrected chi connectivity index (χ4v) is 3.34. The van der Waals surface area contributed by atoms with Crippen LogP contribution in [-0.2, 0) is 4.79 Å². The Morgan fingerprint density at radius 3 is 1.23 bits per heavy atom. The summed E-state index contributed by atoms with van der Waals surface area (Å²) in [6, 6.07) is 0. The minimum absolute atomic E-state index is 0.175. The third-order valence-electron chi connectivity index (χ3n) is 5.01. The van der Waals surface area contributed by atoms with E-state index in [1.807, 2.05) is 0 Å². The van der Waals surface area contributed by atoms with E-state index < -0.39 is 5.97 Å². The van der Waals surface area contributed by atoms with E-state index in [1.165, 1.54) is 83.5 Å². The van der Waals surface area contributed by atoms with Crippen LogP contribution >= 0.6 is 0 Å². The molecule has 30 heavy (non-hydrogen) atoms. The van der Waals surface area contributed by atoms with Gasteiger partial charge in [0.25, 0.3) is 0 Å². The molecule has 0 fully saturated rings. The quantitative estimate of drug-likeness (QED) is 0.179. The lowest BCUT2D eigenvalue weighted by molar-refractivity contribution is -0.142. The van der Waals surface area contributed by atoms with Crippen molar-refractivity contribution in [3.8, 4) is 0 Å². The van der Waals surface area contributed by atoms with Crippen molar-refractivity contribution >= 4 is 5.97 Å². The van der Waals surface area contributed by atoms with Gasteiger partial charge in [-0.05, 0) is 39.7 Å². The van der Waals surface area contributed by atoms with E-state index in [2.05, 4.69) is 6.92 Å². The Bertz CT molecular complexity index is 299. The molecule has 5 heteroatoms. The molecule has 0 aliphatic carbocycles. The highest BCUT2D eigenvalue weighted by Crippen LogP contribution is 2.17. The Balaban J connectivity index is -0.00000107. The fourth-order valence-electron chi connectivity index (χ4n) is 3.34. The molecule has 5 N–H and O–H groups in total. The smallest absolute Gasteiger partial charge is 0.306 e. The van der Waals surface area contributed by atoms with Crippen molar-refractivity contribution in [2.45, 2.75) is 130 Å². The van der Waals surface area contributed by atoms with Gasteiger partial charge < -0.3 is 21.1 Å². The minimum atomic E-state index is -0.641. The molecule has 0 heterocycles. The first-order chi connectivity index (χ1) is 14.5. The number of hydrogen-bond acceptors (Lipinski definition) is 4. The molecule has 1 unspecified atom stereocenters. The van der Waals surface area contributed by atoms with E-state index in [9.17, 15) is 4.79 Å². The number of aliphatic hydroxyl groups is 2. The minimum Gasteiger partial charge on any atom is -0.481 e. The summed E-state index contributed by atoms with van der Waals surface area (Å²) in [4.78, 5) is 11.1. The lowest BCUT2D eigenvalue weighted by atomic mass is 9.95. The molecule has 0 aromatic heterocycles. The highest BCUT2D eigenvalue weighted by atomic mass is 16.4. The summed E-state index contributed by atoms with van der Waals surface area (Å²) in [5.41, 5.74) is 5.46. The number of carbonyl (C=O) groups is 1. The van der Waals surface area contributed by atoms with Gasteiger partial charge in [0.1, 0.15) is 0 Å². The molecule has 0 radical (unpaired) electrons. The normalized spacial score (nSPS) is 11.1. The highest BCUT2D eigenvalue weighted by Gasteiger charge is 2.15. The Hall–Kier alpha value is -0.650. The molecular formula is C25H55NO4. The van der Waals surface area contributed by atoms with Crippen LogP contribution in [0, 0.1) is 5.92 Å². The summed E-state index contributed by atoms with van der Waals surface area (Å²) in [5, 5.41) is 24.3. The SMILES string of the molecule is CCCCCCCCCCCCCCCCC(CCCN)C(=O)O.CCO.CCO. The van der Waals surface area contributed by atoms with Gasteiger partial charge in [-0.15, -0.1) is 0 Å². The van der Waals surface area contributed by atoms with Crippen molar-refractivity contribution in [3.63, 3.8) is 0 Å². The van der Waals surface area contributed by atoms with Crippen molar-refractivity contribution in [2.24, 2.45) is 11.7 Å². The predicted molar refractivity (Wildman–Crippen MR) is 130 cm³/mol. The predicted octanol–water partition coefficient (Wildman–Crippen LogP) is 6.29. The molecule has 0 amide bonds. The van der Waals surface area contributed by atoms with Gasteiger partial charge in [-0.25, -0.2) is 0 Å². The Kier molecular flexibility index (Phi) is 37.4. The summed E-state index contributed by atoms with van der Waals surface area (Å²) in [5.74, 6) is -0.816. The van der Waals surface area contributed by atoms with Crippen molar-refractivity contribution in [1.29, 1.82) is 0 Å². The van der Waals surface area contributed by atoms with Gasteiger partial charge >= 0.3 is 5.97 Å². The topological polar surface area (TPSA) is 104 Å². The Labute approximate surface area is 187 Å². The standard InChI is InChI=1S/C21H43NO2.2C2H6O/c1-2-3-4-5-6-7-8-9-10-11-12-13-14-15-17-20(21(23)24)18-16-19-22;2*1-2-3/h20H,2-19,22H2,1H3,(H,23,24);2*3H,2H2,1H3. The summed E-state index contributed by atoms with van der Waals surface area (Å²) in [6.07, 6.45) is 21.2. The number of nitrogens with two attached hydrogens (primary N) is 1. The average Bonchev–Trinajstić information content (AvgIpc) is 2.71. The third kappa shape index (κ3) is 34.8. The highest BCUT2D eigenvalue weighted by molar-refractivity contribution is 5.69. The number of carboxylic acid groups (broad SMARTS) is 1. The number of unbranched alkanes of at least 4 members (excludes halogenated alkanes) is 13. The van der Waals surface area contributed by atoms with Crippen molar-refractivity contribution in [1.82, 2.24) is 0 Å². The number of aliphatic carboxylic acids is 1. The van der Waals surface area contributed by atoms with E-state index in [0.29, 0.717) is 6.54 Å². The molecule has 1 atom stereocenters. The summed E-state index contributed by atoms with van der Waals surface area (Å²) in [7, 11) is 0. The lowest BCUT2D eigenvalue weighted by Crippen LogP contribution is -2.15. The molecule has 0 saturated heterocycles. The van der Waals surface area contributed by atoms with Crippen LogP contribution in [-0.4, -0.2) is 41.0 Å². The van der Waals surface area contributed by atoms with Gasteiger partial charge in [0.05, 0.1) is 5.92 Å². The number of carboxylic acids is 1. The second-order valence-electron chi connectivity index (χ2n) is 7.98. The third-order valence-corrected chi connectivity index (χ3v) is 5.01. The second-order valence-corrected chi connectivity index (χ2v) is 7.98. The summed E-state index contributed by atoms with van der Waals surface area (Å²) in [6.45, 7) is 6.73. The zero-order valence-electron chi connectivity index (χ0n) is 20.5. The van der Waals surface area contributed by atoms with Gasteiger partial charge in [0.2, 0.25) is 0 Å². The number of aliphatic hydroxyl groups excluding tert-OH is 2. The molecule has 0 aliphatic rings. The van der Waals surface area contributed by atoms with Gasteiger partial charge in [-0.2, -0.15) is 0 Å². The first-order valence-corrected chi connectivity index (χ1v) is 12.7. The zero-order chi connectivity index (χ0) is 23.3. The first-order valence-electron chi connectivity index (χ1n) is 12.7. The molecule has 0 aromatic rings. The average molecular weight is 434 g/mol. The number of hydrogen-bond donors (Lipinski definition) is 4. The second kappa shape index (κ2) is 33.0. The Morgan fingerprint density at radius 2 is 0.933 bits per heavy atom. The number of rotatable bonds is 19. The molecule has 0 saturated carbocycles. The first kappa shape index (κ1) is 34.0. The molecule has 0 aromatic carbocycles. The van der Waals surface area contributed by atoms with Crippen LogP contribution in [0.5, 0.6) is 0 Å². The Morgan fingerprint density at radius 1 is 0.633 bits per heavy atom. The monoisotopic (exact) mass is 433 g/mol. The van der Waals surface area contributed by atoms with Crippen molar-refractivity contribution < 1.29 is 20.1 Å². The summed E-state index contributed by atoms with van der Waals surface area (Å²) < 4.78 is 0. The van der Waals surface area contributed by atoms with Gasteiger partial charge in [0.15, 0.2) is 0 Å². The van der Waals surface area contributed by atoms with E-state index in [0.717, 1.165) is 25.7 Å². The van der Waals surface area contributed by atoms with E-state index >= 15 is 0 Å². The van der Waals surface area contributed by atoms with E-state index in [1.54, 1.807) is 13.8 Å². The van der Waals surface area contributed by atoms with Crippen LogP contribution < -0.4 is 5.73 Å². The van der Waals surface area contributed by atoms with Gasteiger partial charge in [-0.3, -0.25) is 4.79 Å². The molecule has 0 bridgehead atoms. The molecule has 5 nitrogen and oxygen atoms in total. The van der Waals surface area contributed by atoms with Crippen molar-refractivity contribution in [3.05, 3.63) is 0 Å². The molecule has 0 rings (SSSR count). The van der Waals surface area contributed by atoms with Crippen LogP contribution in [0.2, 0.25) is 0 Å². The largest absolute Gasteiger partial charge is 0.481 e. The van der Waals surface area contributed by atoms with E-state index in [-0.39, 0.29) is 19.1 Å². The van der Waals surface area contributed by atoms with Crippen molar-refractivity contribution in [2.75, 3.05) is 19.8 Å². The molecular weight excluding hydrogens is 378 g/mol. The van der Waals surface area contributed by atoms with Crippen LogP contribution in [0.15, 0.2) is 0 Å². The fraction of sp³-hybridized carbons (Fsp3) is 0.960. The van der Waals surface area contributed by atoms with Crippen LogP contribution in [0.3, 0.4) is 0 Å². The maximum atomic E-state index is 11.1. The zero-order valence-corrected chi connectivity index (χ0v) is 20.5. The molecule has 0 aliphatic heterocycles. The molecule has 184 valence electrons. The van der Waals surface area contributed by atoms with Gasteiger partial charge in [-0.1, -0.05) is 96.8 Å². The summed E-state index contributed by atoms with van der Waals surface area (Å²) >= 11 is 0. The maximum Gasteiger partial charge on any atom is 0.306 e. The van der Waals surface area contributed by atoms with E-state index in [4.69, 9.17) is 21.1 Å². The van der Waals surface area contributed by atoms with Crippen LogP contribution in [0.4, 0.5) is 0 Å². The lowest BCUT2D eigenvalue weighted by Gasteiger charge is -2.11. The van der Waals surface area contributed by atoms with Crippen LogP contribution in [0.25, 0.3) is 0 Å².